The summed E-state index contributed by atoms with van der Waals surface area (Å²) in [7, 11) is 0. The van der Waals surface area contributed by atoms with Crippen LogP contribution in [0.15, 0.2) is 0 Å². The molecule has 3 atom stereocenters. The van der Waals surface area contributed by atoms with Crippen molar-refractivity contribution in [1.82, 2.24) is 10.2 Å². The maximum atomic E-state index is 12.6. The van der Waals surface area contributed by atoms with Crippen molar-refractivity contribution < 1.29 is 14.3 Å². The maximum Gasteiger partial charge on any atom is 0.245 e. The summed E-state index contributed by atoms with van der Waals surface area (Å²) in [5, 5.41) is 2.88. The van der Waals surface area contributed by atoms with E-state index in [0.29, 0.717) is 19.5 Å². The number of carbonyl (C=O) groups excluding carboxylic acids is 2. The van der Waals surface area contributed by atoms with Gasteiger partial charge in [0.2, 0.25) is 11.8 Å². The average molecular weight is 282 g/mol. The molecule has 0 bridgehead atoms. The van der Waals surface area contributed by atoms with E-state index in [1.807, 2.05) is 18.7 Å². The lowest BCUT2D eigenvalue weighted by molar-refractivity contribution is -0.137. The van der Waals surface area contributed by atoms with Gasteiger partial charge >= 0.3 is 0 Å². The topological polar surface area (TPSA) is 58.6 Å². The fourth-order valence-electron chi connectivity index (χ4n) is 2.85. The molecule has 2 aliphatic heterocycles. The van der Waals surface area contributed by atoms with Crippen LogP contribution >= 0.6 is 0 Å². The Labute approximate surface area is 121 Å². The predicted octanol–water partition coefficient (Wildman–Crippen LogP) is 1.32. The second kappa shape index (κ2) is 7.07. The number of nitrogens with one attached hydrogen (secondary N) is 1. The average Bonchev–Trinajstić information content (AvgIpc) is 2.61. The Balaban J connectivity index is 2.02. The molecule has 0 aromatic heterocycles. The van der Waals surface area contributed by atoms with Crippen molar-refractivity contribution in [3.05, 3.63) is 0 Å². The number of amides is 2. The summed E-state index contributed by atoms with van der Waals surface area (Å²) < 4.78 is 5.72. The molecule has 0 aliphatic carbocycles. The highest BCUT2D eigenvalue weighted by Crippen LogP contribution is 2.18. The van der Waals surface area contributed by atoms with Gasteiger partial charge in [0, 0.05) is 26.1 Å². The minimum Gasteiger partial charge on any atom is -0.376 e. The molecule has 2 aliphatic rings. The molecule has 0 spiro atoms. The summed E-state index contributed by atoms with van der Waals surface area (Å²) in [6.07, 6.45) is 4.70. The van der Waals surface area contributed by atoms with Crippen LogP contribution in [0.3, 0.4) is 0 Å². The fraction of sp³-hybridized carbons (Fsp3) is 0.867. The number of ether oxygens (including phenoxy) is 1. The third kappa shape index (κ3) is 3.72. The summed E-state index contributed by atoms with van der Waals surface area (Å²) >= 11 is 0. The molecule has 2 amide bonds. The van der Waals surface area contributed by atoms with Crippen LogP contribution in [0.5, 0.6) is 0 Å². The van der Waals surface area contributed by atoms with Crippen molar-refractivity contribution in [2.24, 2.45) is 5.92 Å². The zero-order valence-corrected chi connectivity index (χ0v) is 12.6. The molecular formula is C15H26N2O3. The third-order valence-corrected chi connectivity index (χ3v) is 4.41. The lowest BCUT2D eigenvalue weighted by Gasteiger charge is -2.31. The SMILES string of the molecule is CCC(C)C1NC(=O)CCN(CC2CCCCO2)C1=O. The summed E-state index contributed by atoms with van der Waals surface area (Å²) in [6, 6.07) is -0.376. The van der Waals surface area contributed by atoms with Crippen LogP contribution in [0.2, 0.25) is 0 Å². The molecule has 2 heterocycles. The summed E-state index contributed by atoms with van der Waals surface area (Å²) in [4.78, 5) is 26.2. The van der Waals surface area contributed by atoms with Gasteiger partial charge in [0.25, 0.3) is 0 Å². The van der Waals surface area contributed by atoms with E-state index >= 15 is 0 Å². The van der Waals surface area contributed by atoms with Crippen LogP contribution in [0.25, 0.3) is 0 Å². The first kappa shape index (κ1) is 15.3. The standard InChI is InChI=1S/C15H26N2O3/c1-3-11(2)14-15(19)17(8-7-13(18)16-14)10-12-6-4-5-9-20-12/h11-12,14H,3-10H2,1-2H3,(H,16,18). The van der Waals surface area contributed by atoms with Gasteiger partial charge in [0.05, 0.1) is 6.10 Å². The lowest BCUT2D eigenvalue weighted by Crippen LogP contribution is -2.50. The second-order valence-electron chi connectivity index (χ2n) is 5.95. The Morgan fingerprint density at radius 2 is 2.20 bits per heavy atom. The quantitative estimate of drug-likeness (QED) is 0.846. The van der Waals surface area contributed by atoms with E-state index in [9.17, 15) is 9.59 Å². The molecule has 2 rings (SSSR count). The fourth-order valence-corrected chi connectivity index (χ4v) is 2.85. The van der Waals surface area contributed by atoms with E-state index in [0.717, 1.165) is 25.9 Å². The minimum atomic E-state index is -0.376. The summed E-state index contributed by atoms with van der Waals surface area (Å²) in [5.41, 5.74) is 0. The van der Waals surface area contributed by atoms with Crippen LogP contribution in [0.4, 0.5) is 0 Å². The first-order valence-corrected chi connectivity index (χ1v) is 7.81. The van der Waals surface area contributed by atoms with Gasteiger partial charge < -0.3 is 15.0 Å². The highest BCUT2D eigenvalue weighted by atomic mass is 16.5. The number of nitrogens with zero attached hydrogens (tertiary/aromatic N) is 1. The van der Waals surface area contributed by atoms with E-state index in [2.05, 4.69) is 5.32 Å². The van der Waals surface area contributed by atoms with Crippen molar-refractivity contribution in [2.45, 2.75) is 58.1 Å². The van der Waals surface area contributed by atoms with Crippen molar-refractivity contribution >= 4 is 11.8 Å². The monoisotopic (exact) mass is 282 g/mol. The Hall–Kier alpha value is -1.10. The molecule has 0 aromatic rings. The minimum absolute atomic E-state index is 0.0179. The van der Waals surface area contributed by atoms with E-state index in [4.69, 9.17) is 4.74 Å². The first-order chi connectivity index (χ1) is 9.61. The number of rotatable bonds is 4. The van der Waals surface area contributed by atoms with Crippen molar-refractivity contribution in [3.63, 3.8) is 0 Å². The van der Waals surface area contributed by atoms with Gasteiger partial charge in [-0.1, -0.05) is 20.3 Å². The van der Waals surface area contributed by atoms with E-state index in [1.54, 1.807) is 0 Å². The normalized spacial score (nSPS) is 29.8. The van der Waals surface area contributed by atoms with Crippen molar-refractivity contribution in [3.8, 4) is 0 Å². The third-order valence-electron chi connectivity index (χ3n) is 4.41. The molecule has 0 aromatic carbocycles. The van der Waals surface area contributed by atoms with Crippen molar-refractivity contribution in [2.75, 3.05) is 19.7 Å². The molecule has 2 saturated heterocycles. The van der Waals surface area contributed by atoms with E-state index in [-0.39, 0.29) is 29.9 Å². The van der Waals surface area contributed by atoms with Gasteiger partial charge in [-0.25, -0.2) is 0 Å². The van der Waals surface area contributed by atoms with Crippen LogP contribution in [0.1, 0.15) is 46.0 Å². The predicted molar refractivity (Wildman–Crippen MR) is 76.2 cm³/mol. The Morgan fingerprint density at radius 3 is 2.85 bits per heavy atom. The molecule has 2 fully saturated rings. The maximum absolute atomic E-state index is 12.6. The Bertz CT molecular complexity index is 353. The molecule has 0 radical (unpaired) electrons. The Kier molecular flexibility index (Phi) is 5.40. The lowest BCUT2D eigenvalue weighted by atomic mass is 9.98. The number of hydrogen-bond donors (Lipinski definition) is 1. The molecular weight excluding hydrogens is 256 g/mol. The molecule has 114 valence electrons. The van der Waals surface area contributed by atoms with Crippen LogP contribution in [-0.4, -0.2) is 48.6 Å². The molecule has 1 N–H and O–H groups in total. The zero-order chi connectivity index (χ0) is 14.5. The molecule has 5 heteroatoms. The smallest absolute Gasteiger partial charge is 0.245 e. The summed E-state index contributed by atoms with van der Waals surface area (Å²) in [5.74, 6) is 0.203. The van der Waals surface area contributed by atoms with Crippen LogP contribution in [-0.2, 0) is 14.3 Å². The van der Waals surface area contributed by atoms with E-state index in [1.165, 1.54) is 6.42 Å². The van der Waals surface area contributed by atoms with Gasteiger partial charge in [0.15, 0.2) is 0 Å². The highest BCUT2D eigenvalue weighted by molar-refractivity contribution is 5.90. The largest absolute Gasteiger partial charge is 0.376 e. The van der Waals surface area contributed by atoms with Gasteiger partial charge in [-0.15, -0.1) is 0 Å². The van der Waals surface area contributed by atoms with Gasteiger partial charge in [-0.2, -0.15) is 0 Å². The molecule has 5 nitrogen and oxygen atoms in total. The molecule has 20 heavy (non-hydrogen) atoms. The van der Waals surface area contributed by atoms with Gasteiger partial charge in [0.1, 0.15) is 6.04 Å². The van der Waals surface area contributed by atoms with Crippen molar-refractivity contribution in [1.29, 1.82) is 0 Å². The van der Waals surface area contributed by atoms with Crippen LogP contribution in [0, 0.1) is 5.92 Å². The molecule has 0 saturated carbocycles. The van der Waals surface area contributed by atoms with Gasteiger partial charge in [-0.3, -0.25) is 9.59 Å². The Morgan fingerprint density at radius 1 is 1.40 bits per heavy atom. The zero-order valence-electron chi connectivity index (χ0n) is 12.6. The number of hydrogen-bond acceptors (Lipinski definition) is 3. The van der Waals surface area contributed by atoms with Gasteiger partial charge in [-0.05, 0) is 25.2 Å². The number of carbonyl (C=O) groups is 2. The second-order valence-corrected chi connectivity index (χ2v) is 5.95. The van der Waals surface area contributed by atoms with E-state index < -0.39 is 0 Å². The highest BCUT2D eigenvalue weighted by Gasteiger charge is 2.34. The summed E-state index contributed by atoms with van der Waals surface area (Å²) in [6.45, 7) is 5.99. The first-order valence-electron chi connectivity index (χ1n) is 7.81. The molecule has 3 unspecified atom stereocenters. The van der Waals surface area contributed by atoms with Crippen LogP contribution < -0.4 is 5.32 Å².